The van der Waals surface area contributed by atoms with Crippen LogP contribution >= 0.6 is 0 Å². The molecule has 0 radical (unpaired) electrons. The molecule has 3 heterocycles. The van der Waals surface area contributed by atoms with Gasteiger partial charge in [-0.1, -0.05) is 0 Å². The maximum absolute atomic E-state index is 12.3. The van der Waals surface area contributed by atoms with Crippen molar-refractivity contribution in [2.24, 2.45) is 0 Å². The van der Waals surface area contributed by atoms with Crippen molar-refractivity contribution < 1.29 is 4.79 Å². The molecule has 2 aromatic heterocycles. The van der Waals surface area contributed by atoms with Gasteiger partial charge in [0, 0.05) is 44.6 Å². The average molecular weight is 300 g/mol. The maximum atomic E-state index is 12.3. The second-order valence-electron chi connectivity index (χ2n) is 5.00. The highest BCUT2D eigenvalue weighted by Crippen LogP contribution is 2.11. The lowest BCUT2D eigenvalue weighted by atomic mass is 10.3. The van der Waals surface area contributed by atoms with Crippen LogP contribution in [0.15, 0.2) is 41.7 Å². The van der Waals surface area contributed by atoms with Gasteiger partial charge in [-0.25, -0.2) is 4.98 Å². The van der Waals surface area contributed by atoms with Gasteiger partial charge < -0.3 is 9.80 Å². The molecule has 0 bridgehead atoms. The summed E-state index contributed by atoms with van der Waals surface area (Å²) >= 11 is 0. The first-order valence-corrected chi connectivity index (χ1v) is 7.05. The van der Waals surface area contributed by atoms with Crippen LogP contribution in [-0.2, 0) is 11.3 Å². The quantitative estimate of drug-likeness (QED) is 0.751. The van der Waals surface area contributed by atoms with Gasteiger partial charge in [0.25, 0.3) is 5.56 Å². The summed E-state index contributed by atoms with van der Waals surface area (Å²) in [5.41, 5.74) is -0.221. The van der Waals surface area contributed by atoms with Gasteiger partial charge in [0.05, 0.1) is 6.33 Å². The first-order chi connectivity index (χ1) is 10.7. The smallest absolute Gasteiger partial charge is 0.253 e. The van der Waals surface area contributed by atoms with E-state index in [0.29, 0.717) is 26.2 Å². The highest BCUT2D eigenvalue weighted by Gasteiger charge is 2.22. The van der Waals surface area contributed by atoms with Gasteiger partial charge in [0.1, 0.15) is 6.54 Å². The molecule has 0 aliphatic carbocycles. The van der Waals surface area contributed by atoms with Crippen LogP contribution in [0.3, 0.4) is 0 Å². The fraction of sp³-hybridized carbons (Fsp3) is 0.357. The van der Waals surface area contributed by atoms with E-state index < -0.39 is 0 Å². The highest BCUT2D eigenvalue weighted by atomic mass is 16.2. The summed E-state index contributed by atoms with van der Waals surface area (Å²) < 4.78 is 1.32. The van der Waals surface area contributed by atoms with Crippen molar-refractivity contribution >= 4 is 11.7 Å². The fourth-order valence-corrected chi connectivity index (χ4v) is 2.39. The summed E-state index contributed by atoms with van der Waals surface area (Å²) in [6, 6.07) is 5.09. The first-order valence-electron chi connectivity index (χ1n) is 7.05. The Hall–Kier alpha value is -2.77. The molecule has 1 fully saturated rings. The Morgan fingerprint density at radius 3 is 2.64 bits per heavy atom. The molecule has 0 aromatic carbocycles. The van der Waals surface area contributed by atoms with Crippen LogP contribution in [0.2, 0.25) is 0 Å². The van der Waals surface area contributed by atoms with Gasteiger partial charge in [0.15, 0.2) is 5.82 Å². The molecule has 114 valence electrons. The van der Waals surface area contributed by atoms with E-state index in [9.17, 15) is 9.59 Å². The fourth-order valence-electron chi connectivity index (χ4n) is 2.39. The molecule has 1 aliphatic rings. The van der Waals surface area contributed by atoms with Crippen molar-refractivity contribution in [3.63, 3.8) is 0 Å². The Bertz CT molecular complexity index is 694. The minimum atomic E-state index is -0.221. The minimum Gasteiger partial charge on any atom is -0.352 e. The molecule has 8 nitrogen and oxygen atoms in total. The monoisotopic (exact) mass is 300 g/mol. The molecule has 1 aliphatic heterocycles. The lowest BCUT2D eigenvalue weighted by molar-refractivity contribution is -0.132. The number of nitrogens with zero attached hydrogens (tertiary/aromatic N) is 6. The number of hydrogen-bond donors (Lipinski definition) is 0. The zero-order chi connectivity index (χ0) is 15.4. The maximum Gasteiger partial charge on any atom is 0.253 e. The molecule has 1 saturated heterocycles. The normalized spacial score (nSPS) is 14.9. The predicted octanol–water partition coefficient (Wildman–Crippen LogP) is -0.618. The number of hydrogen-bond acceptors (Lipinski definition) is 6. The molecule has 3 rings (SSSR count). The Balaban J connectivity index is 1.58. The van der Waals surface area contributed by atoms with Crippen molar-refractivity contribution in [3.8, 4) is 0 Å². The Morgan fingerprint density at radius 2 is 1.95 bits per heavy atom. The second-order valence-corrected chi connectivity index (χ2v) is 5.00. The van der Waals surface area contributed by atoms with E-state index in [4.69, 9.17) is 0 Å². The zero-order valence-corrected chi connectivity index (χ0v) is 12.0. The van der Waals surface area contributed by atoms with E-state index in [0.717, 1.165) is 5.82 Å². The third kappa shape index (κ3) is 3.11. The molecule has 0 atom stereocenters. The molecule has 8 heteroatoms. The summed E-state index contributed by atoms with van der Waals surface area (Å²) in [5, 5.41) is 7.93. The number of anilines is 1. The van der Waals surface area contributed by atoms with Crippen LogP contribution < -0.4 is 10.5 Å². The highest BCUT2D eigenvalue weighted by molar-refractivity contribution is 5.76. The van der Waals surface area contributed by atoms with Gasteiger partial charge in [-0.15, -0.1) is 5.10 Å². The molecule has 0 N–H and O–H groups in total. The van der Waals surface area contributed by atoms with E-state index in [-0.39, 0.29) is 18.0 Å². The third-order valence-electron chi connectivity index (χ3n) is 3.61. The Morgan fingerprint density at radius 1 is 1.14 bits per heavy atom. The van der Waals surface area contributed by atoms with Crippen LogP contribution in [0, 0.1) is 0 Å². The molecule has 0 unspecified atom stereocenters. The van der Waals surface area contributed by atoms with Gasteiger partial charge in [0.2, 0.25) is 5.91 Å². The van der Waals surface area contributed by atoms with Gasteiger partial charge in [-0.2, -0.15) is 5.10 Å². The number of amides is 1. The molecular formula is C14H16N6O2. The minimum absolute atomic E-state index is 0.0256. The van der Waals surface area contributed by atoms with Crippen LogP contribution in [0.5, 0.6) is 0 Å². The summed E-state index contributed by atoms with van der Waals surface area (Å²) in [6.45, 7) is 2.63. The average Bonchev–Trinajstić information content (AvgIpc) is 2.58. The Labute approximate surface area is 127 Å². The van der Waals surface area contributed by atoms with E-state index in [1.807, 2.05) is 12.1 Å². The van der Waals surface area contributed by atoms with Crippen molar-refractivity contribution in [2.75, 3.05) is 31.1 Å². The van der Waals surface area contributed by atoms with E-state index in [1.165, 1.54) is 23.2 Å². The molecule has 22 heavy (non-hydrogen) atoms. The lowest BCUT2D eigenvalue weighted by Crippen LogP contribution is -2.50. The molecular weight excluding hydrogens is 284 g/mol. The summed E-state index contributed by atoms with van der Waals surface area (Å²) in [4.78, 5) is 31.6. The predicted molar refractivity (Wildman–Crippen MR) is 79.3 cm³/mol. The van der Waals surface area contributed by atoms with Gasteiger partial charge in [-0.05, 0) is 12.1 Å². The van der Waals surface area contributed by atoms with E-state index >= 15 is 0 Å². The van der Waals surface area contributed by atoms with Crippen LogP contribution in [0.25, 0.3) is 0 Å². The molecule has 0 spiro atoms. The van der Waals surface area contributed by atoms with Crippen molar-refractivity contribution in [3.05, 3.63) is 47.3 Å². The summed E-state index contributed by atoms with van der Waals surface area (Å²) in [7, 11) is 0. The zero-order valence-electron chi connectivity index (χ0n) is 12.0. The van der Waals surface area contributed by atoms with Crippen molar-refractivity contribution in [2.45, 2.75) is 6.54 Å². The molecule has 1 amide bonds. The van der Waals surface area contributed by atoms with Crippen LogP contribution in [0.1, 0.15) is 0 Å². The summed E-state index contributed by atoms with van der Waals surface area (Å²) in [6.07, 6.45) is 4.44. The number of carbonyl (C=O) groups excluding carboxylic acids is 1. The van der Waals surface area contributed by atoms with Gasteiger partial charge in [-0.3, -0.25) is 14.2 Å². The van der Waals surface area contributed by atoms with Crippen molar-refractivity contribution in [1.29, 1.82) is 0 Å². The van der Waals surface area contributed by atoms with Gasteiger partial charge >= 0.3 is 0 Å². The lowest BCUT2D eigenvalue weighted by Gasteiger charge is -2.35. The standard InChI is InChI=1S/C14H16N6O2/c21-13-3-5-15-11-20(13)10-14(22)19-8-6-18(7-9-19)12-2-1-4-16-17-12/h1-5,11H,6-10H2. The number of rotatable bonds is 3. The third-order valence-corrected chi connectivity index (χ3v) is 3.61. The first kappa shape index (κ1) is 14.2. The molecule has 0 saturated carbocycles. The van der Waals surface area contributed by atoms with E-state index in [1.54, 1.807) is 11.1 Å². The van der Waals surface area contributed by atoms with Crippen LogP contribution in [-0.4, -0.2) is 56.7 Å². The number of carbonyl (C=O) groups is 1. The Kier molecular flexibility index (Phi) is 4.08. The van der Waals surface area contributed by atoms with Crippen molar-refractivity contribution in [1.82, 2.24) is 24.6 Å². The number of aromatic nitrogens is 4. The largest absolute Gasteiger partial charge is 0.352 e. The van der Waals surface area contributed by atoms with Crippen LogP contribution in [0.4, 0.5) is 5.82 Å². The topological polar surface area (TPSA) is 84.2 Å². The number of piperazine rings is 1. The summed E-state index contributed by atoms with van der Waals surface area (Å²) in [5.74, 6) is 0.743. The SMILES string of the molecule is O=C(Cn1cnccc1=O)N1CCN(c2cccnn2)CC1. The molecule has 2 aromatic rings. The second kappa shape index (κ2) is 6.33. The van der Waals surface area contributed by atoms with E-state index in [2.05, 4.69) is 20.1 Å².